The van der Waals surface area contributed by atoms with Gasteiger partial charge in [0.15, 0.2) is 0 Å². The molecule has 1 N–H and O–H groups in total. The highest BCUT2D eigenvalue weighted by Gasteiger charge is 2.11. The summed E-state index contributed by atoms with van der Waals surface area (Å²) in [6, 6.07) is 9.07. The molecule has 14 heavy (non-hydrogen) atoms. The van der Waals surface area contributed by atoms with Gasteiger partial charge in [0.05, 0.1) is 0 Å². The highest BCUT2D eigenvalue weighted by atomic mass is 14.9. The lowest BCUT2D eigenvalue weighted by Gasteiger charge is -2.20. The molecule has 1 unspecified atom stereocenters. The Morgan fingerprint density at radius 1 is 1.29 bits per heavy atom. The highest BCUT2D eigenvalue weighted by Crippen LogP contribution is 2.22. The normalized spacial score (nSPS) is 21.9. The van der Waals surface area contributed by atoms with Crippen LogP contribution in [0.4, 0.5) is 0 Å². The Kier molecular flexibility index (Phi) is 2.69. The molecule has 0 aliphatic carbocycles. The van der Waals surface area contributed by atoms with E-state index in [4.69, 9.17) is 0 Å². The molecular formula is C13H16N. The molecule has 0 aromatic heterocycles. The van der Waals surface area contributed by atoms with Gasteiger partial charge in [0.2, 0.25) is 0 Å². The second kappa shape index (κ2) is 3.97. The Hall–Kier alpha value is -1.08. The Morgan fingerprint density at radius 2 is 2.00 bits per heavy atom. The largest absolute Gasteiger partial charge is 0.310 e. The van der Waals surface area contributed by atoms with Crippen molar-refractivity contribution < 1.29 is 0 Å². The van der Waals surface area contributed by atoms with Crippen molar-refractivity contribution in [2.45, 2.75) is 19.4 Å². The maximum absolute atomic E-state index is 4.04. The predicted molar refractivity (Wildman–Crippen MR) is 60.9 cm³/mol. The minimum atomic E-state index is 0.358. The first-order valence-electron chi connectivity index (χ1n) is 5.08. The molecule has 1 aliphatic rings. The summed E-state index contributed by atoms with van der Waals surface area (Å²) in [5.74, 6) is 0. The fourth-order valence-electron chi connectivity index (χ4n) is 1.77. The van der Waals surface area contributed by atoms with Crippen LogP contribution in [0.25, 0.3) is 5.57 Å². The lowest BCUT2D eigenvalue weighted by atomic mass is 9.96. The first kappa shape index (κ1) is 9.47. The van der Waals surface area contributed by atoms with Crippen molar-refractivity contribution in [2.75, 3.05) is 6.54 Å². The topological polar surface area (TPSA) is 12.0 Å². The molecule has 1 heteroatoms. The molecule has 0 bridgehead atoms. The van der Waals surface area contributed by atoms with Crippen molar-refractivity contribution in [3.63, 3.8) is 0 Å². The van der Waals surface area contributed by atoms with E-state index < -0.39 is 0 Å². The lowest BCUT2D eigenvalue weighted by molar-refractivity contribution is 0.625. The van der Waals surface area contributed by atoms with Crippen molar-refractivity contribution in [3.05, 3.63) is 48.4 Å². The zero-order valence-electron chi connectivity index (χ0n) is 8.59. The van der Waals surface area contributed by atoms with E-state index in [1.165, 1.54) is 16.7 Å². The summed E-state index contributed by atoms with van der Waals surface area (Å²) in [6.45, 7) is 7.10. The van der Waals surface area contributed by atoms with Crippen molar-refractivity contribution >= 4 is 5.57 Å². The van der Waals surface area contributed by atoms with Gasteiger partial charge in [0, 0.05) is 12.6 Å². The Morgan fingerprint density at radius 3 is 2.64 bits per heavy atom. The third-order valence-electron chi connectivity index (χ3n) is 2.64. The quantitative estimate of drug-likeness (QED) is 0.710. The zero-order chi connectivity index (χ0) is 9.97. The smallest absolute Gasteiger partial charge is 0.0143 e. The van der Waals surface area contributed by atoms with Gasteiger partial charge in [-0.1, -0.05) is 35.9 Å². The Balaban J connectivity index is 2.22. The minimum absolute atomic E-state index is 0.358. The molecule has 0 saturated heterocycles. The van der Waals surface area contributed by atoms with Gasteiger partial charge >= 0.3 is 0 Å². The molecule has 0 spiro atoms. The molecule has 73 valence electrons. The number of hydrogen-bond acceptors (Lipinski definition) is 1. The van der Waals surface area contributed by atoms with Crippen LogP contribution in [-0.2, 0) is 0 Å². The number of rotatable bonds is 1. The van der Waals surface area contributed by atoms with E-state index in [0.29, 0.717) is 6.04 Å². The van der Waals surface area contributed by atoms with Crippen LogP contribution in [0.1, 0.15) is 17.5 Å². The molecule has 1 aromatic carbocycles. The molecule has 1 nitrogen and oxygen atoms in total. The first-order valence-corrected chi connectivity index (χ1v) is 5.08. The molecular weight excluding hydrogens is 170 g/mol. The van der Waals surface area contributed by atoms with Crippen molar-refractivity contribution in [1.82, 2.24) is 5.32 Å². The monoisotopic (exact) mass is 186 g/mol. The van der Waals surface area contributed by atoms with E-state index in [-0.39, 0.29) is 0 Å². The maximum atomic E-state index is 4.04. The van der Waals surface area contributed by atoms with Crippen LogP contribution in [0.15, 0.2) is 30.3 Å². The third-order valence-corrected chi connectivity index (χ3v) is 2.64. The van der Waals surface area contributed by atoms with Gasteiger partial charge in [-0.05, 0) is 31.4 Å². The van der Waals surface area contributed by atoms with Gasteiger partial charge in [-0.15, -0.1) is 0 Å². The van der Waals surface area contributed by atoms with E-state index in [9.17, 15) is 0 Å². The van der Waals surface area contributed by atoms with Crippen LogP contribution < -0.4 is 5.32 Å². The highest BCUT2D eigenvalue weighted by molar-refractivity contribution is 5.67. The summed E-state index contributed by atoms with van der Waals surface area (Å²) in [4.78, 5) is 0. The summed E-state index contributed by atoms with van der Waals surface area (Å²) < 4.78 is 0. The first-order chi connectivity index (χ1) is 6.75. The van der Waals surface area contributed by atoms with Gasteiger partial charge in [0.25, 0.3) is 0 Å². The van der Waals surface area contributed by atoms with E-state index in [0.717, 1.165) is 13.0 Å². The van der Waals surface area contributed by atoms with Crippen molar-refractivity contribution in [2.24, 2.45) is 0 Å². The molecule has 0 saturated carbocycles. The second-order valence-electron chi connectivity index (χ2n) is 3.90. The van der Waals surface area contributed by atoms with Crippen LogP contribution in [0.2, 0.25) is 0 Å². The third kappa shape index (κ3) is 2.05. The van der Waals surface area contributed by atoms with Crippen molar-refractivity contribution in [3.8, 4) is 0 Å². The zero-order valence-corrected chi connectivity index (χ0v) is 8.59. The fraction of sp³-hybridized carbons (Fsp3) is 0.308. The maximum Gasteiger partial charge on any atom is 0.0143 e. The molecule has 1 radical (unpaired) electrons. The van der Waals surface area contributed by atoms with Crippen LogP contribution in [0, 0.1) is 13.8 Å². The minimum Gasteiger partial charge on any atom is -0.310 e. The molecule has 2 rings (SSSR count). The van der Waals surface area contributed by atoms with Crippen LogP contribution in [-0.4, -0.2) is 12.6 Å². The standard InChI is InChI=1S/C13H16N/c1-10-3-5-12(6-4-10)13-7-8-14-11(2)9-13/h3-7,11,14H,2,8-9H2,1H3. The van der Waals surface area contributed by atoms with E-state index >= 15 is 0 Å². The van der Waals surface area contributed by atoms with Gasteiger partial charge < -0.3 is 5.32 Å². The second-order valence-corrected chi connectivity index (χ2v) is 3.90. The average Bonchev–Trinajstić information content (AvgIpc) is 2.19. The summed E-state index contributed by atoms with van der Waals surface area (Å²) in [7, 11) is 0. The molecule has 0 amide bonds. The molecule has 1 atom stereocenters. The molecule has 0 fully saturated rings. The van der Waals surface area contributed by atoms with Gasteiger partial charge in [-0.25, -0.2) is 0 Å². The summed E-state index contributed by atoms with van der Waals surface area (Å²) in [6.07, 6.45) is 3.29. The van der Waals surface area contributed by atoms with Crippen molar-refractivity contribution in [1.29, 1.82) is 0 Å². The summed E-state index contributed by atoms with van der Waals surface area (Å²) in [5.41, 5.74) is 4.07. The summed E-state index contributed by atoms with van der Waals surface area (Å²) in [5, 5.41) is 3.31. The van der Waals surface area contributed by atoms with Gasteiger partial charge in [0.1, 0.15) is 0 Å². The van der Waals surface area contributed by atoms with Gasteiger partial charge in [-0.3, -0.25) is 0 Å². The van der Waals surface area contributed by atoms with Crippen LogP contribution in [0.3, 0.4) is 0 Å². The number of hydrogen-bond donors (Lipinski definition) is 1. The average molecular weight is 186 g/mol. The predicted octanol–water partition coefficient (Wildman–Crippen LogP) is 2.57. The van der Waals surface area contributed by atoms with Crippen LogP contribution in [0.5, 0.6) is 0 Å². The molecule has 1 aliphatic heterocycles. The number of aryl methyl sites for hydroxylation is 1. The number of benzene rings is 1. The molecule has 1 aromatic rings. The number of nitrogens with one attached hydrogen (secondary N) is 1. The SMILES string of the molecule is [CH2]C1CC(c2ccc(C)cc2)=CCN1. The molecule has 1 heterocycles. The van der Waals surface area contributed by atoms with E-state index in [1.807, 2.05) is 0 Å². The van der Waals surface area contributed by atoms with Crippen LogP contribution >= 0.6 is 0 Å². The van der Waals surface area contributed by atoms with E-state index in [2.05, 4.69) is 49.5 Å². The summed E-state index contributed by atoms with van der Waals surface area (Å²) >= 11 is 0. The van der Waals surface area contributed by atoms with E-state index in [1.54, 1.807) is 0 Å². The van der Waals surface area contributed by atoms with Gasteiger partial charge in [-0.2, -0.15) is 0 Å². The Bertz CT molecular complexity index is 335. The Labute approximate surface area is 85.8 Å². The fourth-order valence-corrected chi connectivity index (χ4v) is 1.77. The lowest BCUT2D eigenvalue weighted by Crippen LogP contribution is -2.30.